The summed E-state index contributed by atoms with van der Waals surface area (Å²) in [6, 6.07) is 7.19. The fourth-order valence-corrected chi connectivity index (χ4v) is 3.33. The van der Waals surface area contributed by atoms with E-state index in [2.05, 4.69) is 10.6 Å². The van der Waals surface area contributed by atoms with E-state index in [1.807, 2.05) is 12.1 Å². The molecular weight excluding hydrogens is 294 g/mol. The number of ether oxygens (including phenoxy) is 1. The van der Waals surface area contributed by atoms with E-state index in [4.69, 9.17) is 10.5 Å². The second-order valence-corrected chi connectivity index (χ2v) is 6.45. The van der Waals surface area contributed by atoms with Crippen LogP contribution in [-0.2, 0) is 9.59 Å². The van der Waals surface area contributed by atoms with Crippen LogP contribution in [0.3, 0.4) is 0 Å². The van der Waals surface area contributed by atoms with Crippen LogP contribution in [0.5, 0.6) is 5.75 Å². The number of hydrogen-bond donors (Lipinski definition) is 3. The van der Waals surface area contributed by atoms with E-state index in [0.717, 1.165) is 38.0 Å². The van der Waals surface area contributed by atoms with Crippen molar-refractivity contribution in [1.82, 2.24) is 5.32 Å². The van der Waals surface area contributed by atoms with E-state index in [0.29, 0.717) is 5.75 Å². The topological polar surface area (TPSA) is 93.5 Å². The quantitative estimate of drug-likeness (QED) is 0.736. The number of benzene rings is 1. The molecule has 1 saturated carbocycles. The Labute approximate surface area is 135 Å². The summed E-state index contributed by atoms with van der Waals surface area (Å²) in [7, 11) is 0. The van der Waals surface area contributed by atoms with E-state index in [1.165, 1.54) is 0 Å². The molecule has 1 saturated heterocycles. The third-order valence-corrected chi connectivity index (χ3v) is 4.84. The minimum Gasteiger partial charge on any atom is -0.493 e. The molecule has 3 rings (SSSR count). The number of hydrogen-bond acceptors (Lipinski definition) is 4. The van der Waals surface area contributed by atoms with Gasteiger partial charge in [-0.2, -0.15) is 0 Å². The average molecular weight is 317 g/mol. The Morgan fingerprint density at radius 1 is 1.26 bits per heavy atom. The number of nitrogens with two attached hydrogens (primary N) is 1. The van der Waals surface area contributed by atoms with Crippen molar-refractivity contribution in [1.29, 1.82) is 0 Å². The Balaban J connectivity index is 1.48. The van der Waals surface area contributed by atoms with Crippen molar-refractivity contribution < 1.29 is 14.3 Å². The minimum atomic E-state index is -0.384. The molecule has 2 amide bonds. The molecule has 1 aromatic carbocycles. The highest BCUT2D eigenvalue weighted by Crippen LogP contribution is 2.58. The van der Waals surface area contributed by atoms with E-state index in [-0.39, 0.29) is 36.2 Å². The Morgan fingerprint density at radius 2 is 1.96 bits per heavy atom. The molecule has 23 heavy (non-hydrogen) atoms. The smallest absolute Gasteiger partial charge is 0.228 e. The van der Waals surface area contributed by atoms with Gasteiger partial charge in [0.25, 0.3) is 0 Å². The third-order valence-electron chi connectivity index (χ3n) is 4.84. The summed E-state index contributed by atoms with van der Waals surface area (Å²) in [5, 5.41) is 6.33. The molecule has 2 fully saturated rings. The molecule has 124 valence electrons. The van der Waals surface area contributed by atoms with Crippen molar-refractivity contribution in [3.8, 4) is 5.75 Å². The van der Waals surface area contributed by atoms with Gasteiger partial charge in [0.2, 0.25) is 11.8 Å². The Morgan fingerprint density at radius 3 is 2.61 bits per heavy atom. The molecule has 6 heteroatoms. The van der Waals surface area contributed by atoms with Crippen molar-refractivity contribution in [2.24, 2.45) is 17.1 Å². The minimum absolute atomic E-state index is 0.120. The lowest BCUT2D eigenvalue weighted by atomic mass is 9.92. The molecule has 0 bridgehead atoms. The van der Waals surface area contributed by atoms with Crippen LogP contribution < -0.4 is 21.1 Å². The molecule has 0 radical (unpaired) electrons. The normalized spacial score (nSPS) is 21.7. The van der Waals surface area contributed by atoms with Crippen LogP contribution in [0.1, 0.15) is 25.7 Å². The Kier molecular flexibility index (Phi) is 4.52. The van der Waals surface area contributed by atoms with Crippen molar-refractivity contribution >= 4 is 17.5 Å². The van der Waals surface area contributed by atoms with Crippen molar-refractivity contribution in [2.75, 3.05) is 25.0 Å². The van der Waals surface area contributed by atoms with Gasteiger partial charge in [-0.15, -0.1) is 0 Å². The molecular formula is C17H23N3O3. The predicted molar refractivity (Wildman–Crippen MR) is 87.0 cm³/mol. The van der Waals surface area contributed by atoms with Crippen LogP contribution in [0.2, 0.25) is 0 Å². The fraction of sp³-hybridized carbons (Fsp3) is 0.529. The van der Waals surface area contributed by atoms with Crippen LogP contribution in [0.4, 0.5) is 5.69 Å². The summed E-state index contributed by atoms with van der Waals surface area (Å²) in [6.07, 6.45) is 3.39. The highest BCUT2D eigenvalue weighted by atomic mass is 16.5. The SMILES string of the molecule is NC(=O)CCOc1ccc(NC(=O)C2CC23CCNCC3)cc1. The number of rotatable bonds is 6. The zero-order valence-corrected chi connectivity index (χ0v) is 13.1. The van der Waals surface area contributed by atoms with Gasteiger partial charge in [-0.1, -0.05) is 0 Å². The van der Waals surface area contributed by atoms with E-state index in [9.17, 15) is 9.59 Å². The molecule has 1 aliphatic carbocycles. The van der Waals surface area contributed by atoms with Gasteiger partial charge in [0.1, 0.15) is 5.75 Å². The van der Waals surface area contributed by atoms with Crippen molar-refractivity contribution in [2.45, 2.75) is 25.7 Å². The second-order valence-electron chi connectivity index (χ2n) is 6.45. The Hall–Kier alpha value is -2.08. The monoisotopic (exact) mass is 317 g/mol. The first kappa shape index (κ1) is 15.8. The van der Waals surface area contributed by atoms with Crippen molar-refractivity contribution in [3.05, 3.63) is 24.3 Å². The molecule has 1 aliphatic heterocycles. The fourth-order valence-electron chi connectivity index (χ4n) is 3.33. The van der Waals surface area contributed by atoms with Gasteiger partial charge >= 0.3 is 0 Å². The van der Waals surface area contributed by atoms with Crippen LogP contribution in [-0.4, -0.2) is 31.5 Å². The highest BCUT2D eigenvalue weighted by molar-refractivity contribution is 5.95. The first-order valence-electron chi connectivity index (χ1n) is 8.12. The Bertz CT molecular complexity index is 579. The average Bonchev–Trinajstić information content (AvgIpc) is 3.23. The molecule has 1 spiro atoms. The first-order chi connectivity index (χ1) is 11.1. The van der Waals surface area contributed by atoms with Crippen LogP contribution in [0, 0.1) is 11.3 Å². The zero-order valence-electron chi connectivity index (χ0n) is 13.1. The lowest BCUT2D eigenvalue weighted by Gasteiger charge is -2.23. The molecule has 1 aromatic rings. The van der Waals surface area contributed by atoms with Gasteiger partial charge in [0.05, 0.1) is 13.0 Å². The van der Waals surface area contributed by atoms with Gasteiger partial charge in [-0.25, -0.2) is 0 Å². The molecule has 0 aromatic heterocycles. The lowest BCUT2D eigenvalue weighted by molar-refractivity contribution is -0.119. The number of nitrogens with one attached hydrogen (secondary N) is 2. The summed E-state index contributed by atoms with van der Waals surface area (Å²) >= 11 is 0. The summed E-state index contributed by atoms with van der Waals surface area (Å²) < 4.78 is 5.41. The third kappa shape index (κ3) is 3.82. The van der Waals surface area contributed by atoms with Gasteiger partial charge in [-0.3, -0.25) is 9.59 Å². The highest BCUT2D eigenvalue weighted by Gasteiger charge is 2.57. The number of carbonyl (C=O) groups excluding carboxylic acids is 2. The molecule has 1 heterocycles. The van der Waals surface area contributed by atoms with Crippen molar-refractivity contribution in [3.63, 3.8) is 0 Å². The van der Waals surface area contributed by atoms with Gasteiger partial charge in [0, 0.05) is 11.6 Å². The van der Waals surface area contributed by atoms with Crippen LogP contribution in [0.15, 0.2) is 24.3 Å². The summed E-state index contributed by atoms with van der Waals surface area (Å²) in [4.78, 5) is 23.0. The van der Waals surface area contributed by atoms with Crippen LogP contribution in [0.25, 0.3) is 0 Å². The van der Waals surface area contributed by atoms with Gasteiger partial charge in [0.15, 0.2) is 0 Å². The number of anilines is 1. The summed E-state index contributed by atoms with van der Waals surface area (Å²) in [6.45, 7) is 2.29. The standard InChI is InChI=1S/C17H23N3O3/c18-15(21)5-10-23-13-3-1-12(2-4-13)20-16(22)14-11-17(14)6-8-19-9-7-17/h1-4,14,19H,5-11H2,(H2,18,21)(H,20,22). The van der Waals surface area contributed by atoms with Gasteiger partial charge in [-0.05, 0) is 62.0 Å². The number of carbonyl (C=O) groups is 2. The molecule has 4 N–H and O–H groups in total. The molecule has 6 nitrogen and oxygen atoms in total. The molecule has 1 atom stereocenters. The first-order valence-corrected chi connectivity index (χ1v) is 8.12. The maximum atomic E-state index is 12.4. The van der Waals surface area contributed by atoms with E-state index >= 15 is 0 Å². The number of piperidine rings is 1. The van der Waals surface area contributed by atoms with E-state index in [1.54, 1.807) is 12.1 Å². The number of amides is 2. The maximum absolute atomic E-state index is 12.4. The molecule has 2 aliphatic rings. The zero-order chi connectivity index (χ0) is 16.3. The number of primary amides is 1. The lowest BCUT2D eigenvalue weighted by Crippen LogP contribution is -2.31. The van der Waals surface area contributed by atoms with E-state index < -0.39 is 0 Å². The summed E-state index contributed by atoms with van der Waals surface area (Å²) in [5.74, 6) is 0.543. The molecule has 1 unspecified atom stereocenters. The predicted octanol–water partition coefficient (Wildman–Crippen LogP) is 1.27. The summed E-state index contributed by atoms with van der Waals surface area (Å²) in [5.41, 5.74) is 6.07. The van der Waals surface area contributed by atoms with Crippen LogP contribution >= 0.6 is 0 Å². The second kappa shape index (κ2) is 6.58. The van der Waals surface area contributed by atoms with Gasteiger partial charge < -0.3 is 21.1 Å². The maximum Gasteiger partial charge on any atom is 0.228 e. The largest absolute Gasteiger partial charge is 0.493 e.